The molecule has 0 saturated heterocycles. The number of benzene rings is 3. The van der Waals surface area contributed by atoms with E-state index in [4.69, 9.17) is 16.6 Å². The van der Waals surface area contributed by atoms with E-state index < -0.39 is 0 Å². The predicted molar refractivity (Wildman–Crippen MR) is 118 cm³/mol. The molecule has 4 aromatic rings. The average molecular weight is 404 g/mol. The Labute approximate surface area is 173 Å². The van der Waals surface area contributed by atoms with E-state index in [0.29, 0.717) is 10.6 Å². The quantitative estimate of drug-likeness (QED) is 0.341. The van der Waals surface area contributed by atoms with Crippen LogP contribution < -0.4 is 0 Å². The SMILES string of the molecule is Cc1cc(C)c2nc(-c3ccc(Cl)cc3)cc(C(=O)Sc3ccccc3)c2c1. The highest BCUT2D eigenvalue weighted by molar-refractivity contribution is 8.14. The van der Waals surface area contributed by atoms with Gasteiger partial charge in [-0.05, 0) is 67.6 Å². The van der Waals surface area contributed by atoms with Crippen LogP contribution in [0, 0.1) is 13.8 Å². The molecule has 4 heteroatoms. The minimum absolute atomic E-state index is 0.0128. The molecular formula is C24H18ClNOS. The number of aromatic nitrogens is 1. The molecule has 0 unspecified atom stereocenters. The fraction of sp³-hybridized carbons (Fsp3) is 0.0833. The summed E-state index contributed by atoms with van der Waals surface area (Å²) in [6.07, 6.45) is 0. The molecule has 0 bridgehead atoms. The van der Waals surface area contributed by atoms with Crippen molar-refractivity contribution in [3.8, 4) is 11.3 Å². The largest absolute Gasteiger partial charge is 0.281 e. The van der Waals surface area contributed by atoms with Gasteiger partial charge < -0.3 is 0 Å². The highest BCUT2D eigenvalue weighted by Gasteiger charge is 2.17. The van der Waals surface area contributed by atoms with Gasteiger partial charge in [-0.25, -0.2) is 4.98 Å². The van der Waals surface area contributed by atoms with Crippen LogP contribution in [0.25, 0.3) is 22.2 Å². The first kappa shape index (κ1) is 18.7. The van der Waals surface area contributed by atoms with Crippen molar-refractivity contribution in [2.75, 3.05) is 0 Å². The Morgan fingerprint density at radius 2 is 1.64 bits per heavy atom. The average Bonchev–Trinajstić information content (AvgIpc) is 2.68. The van der Waals surface area contributed by atoms with Crippen LogP contribution in [-0.4, -0.2) is 10.1 Å². The number of carbonyl (C=O) groups excluding carboxylic acids is 1. The van der Waals surface area contributed by atoms with Crippen LogP contribution in [0.5, 0.6) is 0 Å². The smallest absolute Gasteiger partial charge is 0.224 e. The maximum absolute atomic E-state index is 13.2. The van der Waals surface area contributed by atoms with E-state index in [2.05, 4.69) is 6.07 Å². The lowest BCUT2D eigenvalue weighted by Crippen LogP contribution is -2.00. The summed E-state index contributed by atoms with van der Waals surface area (Å²) in [4.78, 5) is 19.0. The number of nitrogens with zero attached hydrogens (tertiary/aromatic N) is 1. The number of carbonyl (C=O) groups is 1. The zero-order chi connectivity index (χ0) is 19.7. The number of halogens is 1. The lowest BCUT2D eigenvalue weighted by molar-refractivity contribution is 0.109. The van der Waals surface area contributed by atoms with Gasteiger partial charge in [0, 0.05) is 26.4 Å². The molecule has 0 aliphatic rings. The molecule has 0 N–H and O–H groups in total. The Morgan fingerprint density at radius 3 is 2.36 bits per heavy atom. The van der Waals surface area contributed by atoms with Gasteiger partial charge in [-0.15, -0.1) is 0 Å². The van der Waals surface area contributed by atoms with Crippen molar-refractivity contribution < 1.29 is 4.79 Å². The molecule has 138 valence electrons. The van der Waals surface area contributed by atoms with Gasteiger partial charge in [-0.3, -0.25) is 4.79 Å². The number of hydrogen-bond acceptors (Lipinski definition) is 3. The number of rotatable bonds is 3. The highest BCUT2D eigenvalue weighted by atomic mass is 35.5. The Balaban J connectivity index is 1.89. The number of aryl methyl sites for hydroxylation is 2. The monoisotopic (exact) mass is 403 g/mol. The van der Waals surface area contributed by atoms with Gasteiger partial charge in [0.05, 0.1) is 11.2 Å². The van der Waals surface area contributed by atoms with Crippen molar-refractivity contribution in [1.29, 1.82) is 0 Å². The number of hydrogen-bond donors (Lipinski definition) is 0. The van der Waals surface area contributed by atoms with Gasteiger partial charge in [0.15, 0.2) is 0 Å². The van der Waals surface area contributed by atoms with Crippen molar-refractivity contribution in [2.45, 2.75) is 18.7 Å². The second-order valence-electron chi connectivity index (χ2n) is 6.74. The minimum atomic E-state index is 0.0128. The lowest BCUT2D eigenvalue weighted by atomic mass is 10.0. The number of thioether (sulfide) groups is 1. The number of pyridine rings is 1. The van der Waals surface area contributed by atoms with E-state index in [9.17, 15) is 4.79 Å². The van der Waals surface area contributed by atoms with Gasteiger partial charge in [0.1, 0.15) is 0 Å². The Bertz CT molecular complexity index is 1170. The summed E-state index contributed by atoms with van der Waals surface area (Å²) in [5.41, 5.74) is 5.42. The van der Waals surface area contributed by atoms with E-state index >= 15 is 0 Å². The van der Waals surface area contributed by atoms with Gasteiger partial charge in [-0.2, -0.15) is 0 Å². The highest BCUT2D eigenvalue weighted by Crippen LogP contribution is 2.32. The lowest BCUT2D eigenvalue weighted by Gasteiger charge is -2.12. The molecule has 0 aliphatic heterocycles. The maximum atomic E-state index is 13.2. The molecule has 1 aromatic heterocycles. The van der Waals surface area contributed by atoms with Crippen LogP contribution in [0.4, 0.5) is 0 Å². The molecular weight excluding hydrogens is 386 g/mol. The Morgan fingerprint density at radius 1 is 0.929 bits per heavy atom. The van der Waals surface area contributed by atoms with Crippen molar-refractivity contribution >= 4 is 39.4 Å². The van der Waals surface area contributed by atoms with Gasteiger partial charge in [-0.1, -0.05) is 53.6 Å². The molecule has 4 rings (SSSR count). The van der Waals surface area contributed by atoms with Crippen LogP contribution in [0.1, 0.15) is 21.5 Å². The third kappa shape index (κ3) is 3.82. The molecule has 0 fully saturated rings. The second-order valence-corrected chi connectivity index (χ2v) is 8.23. The zero-order valence-corrected chi connectivity index (χ0v) is 17.1. The normalized spacial score (nSPS) is 11.0. The first-order chi connectivity index (χ1) is 13.5. The van der Waals surface area contributed by atoms with E-state index in [1.165, 1.54) is 11.8 Å². The molecule has 28 heavy (non-hydrogen) atoms. The Kier molecular flexibility index (Phi) is 5.21. The van der Waals surface area contributed by atoms with E-state index in [1.54, 1.807) is 0 Å². The predicted octanol–water partition coefficient (Wildman–Crippen LogP) is 7.10. The Hall–Kier alpha value is -2.62. The summed E-state index contributed by atoms with van der Waals surface area (Å²) in [5.74, 6) is 0. The standard InChI is InChI=1S/C24H18ClNOS/c1-15-12-16(2)23-20(13-15)21(24(27)28-19-6-4-3-5-7-19)14-22(26-23)17-8-10-18(25)11-9-17/h3-14H,1-2H3. The van der Waals surface area contributed by atoms with Gasteiger partial charge in [0.25, 0.3) is 0 Å². The van der Waals surface area contributed by atoms with Crippen LogP contribution in [-0.2, 0) is 0 Å². The third-order valence-corrected chi connectivity index (χ3v) is 5.73. The second kappa shape index (κ2) is 7.78. The zero-order valence-electron chi connectivity index (χ0n) is 15.6. The van der Waals surface area contributed by atoms with Gasteiger partial charge in [0.2, 0.25) is 5.12 Å². The summed E-state index contributed by atoms with van der Waals surface area (Å²) in [6.45, 7) is 4.07. The summed E-state index contributed by atoms with van der Waals surface area (Å²) < 4.78 is 0. The fourth-order valence-electron chi connectivity index (χ4n) is 3.27. The van der Waals surface area contributed by atoms with E-state index in [1.807, 2.05) is 80.6 Å². The van der Waals surface area contributed by atoms with Crippen molar-refractivity contribution in [2.24, 2.45) is 0 Å². The minimum Gasteiger partial charge on any atom is -0.281 e. The first-order valence-electron chi connectivity index (χ1n) is 8.96. The van der Waals surface area contributed by atoms with Gasteiger partial charge >= 0.3 is 0 Å². The van der Waals surface area contributed by atoms with Crippen molar-refractivity contribution in [3.63, 3.8) is 0 Å². The molecule has 0 saturated carbocycles. The van der Waals surface area contributed by atoms with Crippen LogP contribution in [0.15, 0.2) is 77.7 Å². The molecule has 0 radical (unpaired) electrons. The third-order valence-electron chi connectivity index (χ3n) is 4.56. The molecule has 0 aliphatic carbocycles. The van der Waals surface area contributed by atoms with E-state index in [0.717, 1.165) is 38.2 Å². The maximum Gasteiger partial charge on any atom is 0.224 e. The first-order valence-corrected chi connectivity index (χ1v) is 10.2. The van der Waals surface area contributed by atoms with Crippen LogP contribution in [0.3, 0.4) is 0 Å². The topological polar surface area (TPSA) is 30.0 Å². The fourth-order valence-corrected chi connectivity index (χ4v) is 4.18. The molecule has 1 heterocycles. The summed E-state index contributed by atoms with van der Waals surface area (Å²) in [7, 11) is 0. The molecule has 0 spiro atoms. The van der Waals surface area contributed by atoms with Crippen molar-refractivity contribution in [1.82, 2.24) is 4.98 Å². The van der Waals surface area contributed by atoms with Crippen molar-refractivity contribution in [3.05, 3.63) is 94.5 Å². The molecule has 3 aromatic carbocycles. The summed E-state index contributed by atoms with van der Waals surface area (Å²) >= 11 is 7.27. The summed E-state index contributed by atoms with van der Waals surface area (Å²) in [6, 6.07) is 23.3. The molecule has 2 nitrogen and oxygen atoms in total. The van der Waals surface area contributed by atoms with E-state index in [-0.39, 0.29) is 5.12 Å². The van der Waals surface area contributed by atoms with Crippen LogP contribution in [0.2, 0.25) is 5.02 Å². The van der Waals surface area contributed by atoms with Crippen LogP contribution >= 0.6 is 23.4 Å². The number of fused-ring (bicyclic) bond motifs is 1. The molecule has 0 atom stereocenters. The summed E-state index contributed by atoms with van der Waals surface area (Å²) in [5, 5.41) is 1.58. The molecule has 0 amide bonds.